The third-order valence-electron chi connectivity index (χ3n) is 6.42. The zero-order chi connectivity index (χ0) is 22.3. The molecule has 31 heavy (non-hydrogen) atoms. The lowest BCUT2D eigenvalue weighted by Crippen LogP contribution is -2.45. The van der Waals surface area contributed by atoms with Crippen LogP contribution in [0.5, 0.6) is 0 Å². The number of piperidine rings is 1. The Morgan fingerprint density at radius 1 is 1.06 bits per heavy atom. The van der Waals surface area contributed by atoms with Crippen LogP contribution in [0.4, 0.5) is 4.79 Å². The van der Waals surface area contributed by atoms with Crippen LogP contribution in [0.3, 0.4) is 0 Å². The molecule has 3 aliphatic heterocycles. The zero-order valence-electron chi connectivity index (χ0n) is 20.1. The summed E-state index contributed by atoms with van der Waals surface area (Å²) in [6.07, 6.45) is 4.32. The van der Waals surface area contributed by atoms with Crippen LogP contribution in [-0.4, -0.2) is 105 Å². The van der Waals surface area contributed by atoms with Crippen molar-refractivity contribution >= 4 is 12.1 Å². The van der Waals surface area contributed by atoms with Crippen LogP contribution in [0.15, 0.2) is 4.99 Å². The van der Waals surface area contributed by atoms with E-state index in [9.17, 15) is 4.79 Å². The van der Waals surface area contributed by atoms with E-state index in [2.05, 4.69) is 20.1 Å². The Morgan fingerprint density at radius 3 is 2.52 bits per heavy atom. The van der Waals surface area contributed by atoms with Crippen molar-refractivity contribution < 1.29 is 14.3 Å². The number of guanidine groups is 1. The van der Waals surface area contributed by atoms with Crippen molar-refractivity contribution in [1.29, 1.82) is 0 Å². The molecule has 1 amide bonds. The summed E-state index contributed by atoms with van der Waals surface area (Å²) in [6, 6.07) is 0. The first-order valence-corrected chi connectivity index (χ1v) is 12.1. The number of hydrogen-bond donors (Lipinski definition) is 1. The summed E-state index contributed by atoms with van der Waals surface area (Å²) in [7, 11) is 1.88. The molecular formula is C23H43N5O3. The molecule has 3 fully saturated rings. The predicted molar refractivity (Wildman–Crippen MR) is 123 cm³/mol. The van der Waals surface area contributed by atoms with Crippen molar-refractivity contribution in [3.05, 3.63) is 0 Å². The van der Waals surface area contributed by atoms with Crippen LogP contribution in [0, 0.1) is 11.8 Å². The van der Waals surface area contributed by atoms with Gasteiger partial charge in [-0.05, 0) is 58.3 Å². The summed E-state index contributed by atoms with van der Waals surface area (Å²) in [5.41, 5.74) is -0.437. The molecule has 3 rings (SSSR count). The molecule has 0 aromatic carbocycles. The summed E-state index contributed by atoms with van der Waals surface area (Å²) >= 11 is 0. The number of carbonyl (C=O) groups is 1. The number of hydrogen-bond acceptors (Lipinski definition) is 5. The highest BCUT2D eigenvalue weighted by Gasteiger charge is 2.29. The summed E-state index contributed by atoms with van der Waals surface area (Å²) in [5, 5.41) is 3.57. The molecule has 8 heteroatoms. The van der Waals surface area contributed by atoms with Gasteiger partial charge in [0.25, 0.3) is 0 Å². The van der Waals surface area contributed by atoms with Crippen LogP contribution in [-0.2, 0) is 9.47 Å². The van der Waals surface area contributed by atoms with E-state index in [0.29, 0.717) is 11.8 Å². The van der Waals surface area contributed by atoms with E-state index in [-0.39, 0.29) is 6.09 Å². The minimum atomic E-state index is -0.437. The molecule has 3 saturated heterocycles. The molecule has 0 bridgehead atoms. The smallest absolute Gasteiger partial charge is 0.410 e. The highest BCUT2D eigenvalue weighted by atomic mass is 16.6. The lowest BCUT2D eigenvalue weighted by atomic mass is 9.95. The van der Waals surface area contributed by atoms with E-state index in [1.54, 1.807) is 0 Å². The number of nitrogens with zero attached hydrogens (tertiary/aromatic N) is 4. The number of morpholine rings is 1. The van der Waals surface area contributed by atoms with E-state index in [1.165, 1.54) is 19.4 Å². The number of nitrogens with one attached hydrogen (secondary N) is 1. The normalized spacial score (nSPS) is 26.3. The summed E-state index contributed by atoms with van der Waals surface area (Å²) in [4.78, 5) is 23.7. The van der Waals surface area contributed by atoms with E-state index in [1.807, 2.05) is 32.7 Å². The summed E-state index contributed by atoms with van der Waals surface area (Å²) < 4.78 is 11.0. The molecule has 3 aliphatic rings. The first kappa shape index (κ1) is 24.1. The van der Waals surface area contributed by atoms with Gasteiger partial charge < -0.3 is 24.6 Å². The Hall–Kier alpha value is -1.54. The molecule has 0 radical (unpaired) electrons. The lowest BCUT2D eigenvalue weighted by Gasteiger charge is -2.34. The lowest BCUT2D eigenvalue weighted by molar-refractivity contribution is 0.0162. The van der Waals surface area contributed by atoms with Gasteiger partial charge in [-0.25, -0.2) is 4.79 Å². The quantitative estimate of drug-likeness (QED) is 0.526. The predicted octanol–water partition coefficient (Wildman–Crippen LogP) is 2.25. The van der Waals surface area contributed by atoms with E-state index < -0.39 is 5.60 Å². The van der Waals surface area contributed by atoms with Gasteiger partial charge in [0.1, 0.15) is 5.60 Å². The Labute approximate surface area is 188 Å². The van der Waals surface area contributed by atoms with Crippen molar-refractivity contribution in [2.24, 2.45) is 16.8 Å². The second kappa shape index (κ2) is 11.4. The third-order valence-corrected chi connectivity index (χ3v) is 6.42. The van der Waals surface area contributed by atoms with Crippen LogP contribution >= 0.6 is 0 Å². The molecular weight excluding hydrogens is 394 g/mol. The molecule has 0 aromatic rings. The maximum absolute atomic E-state index is 12.4. The number of likely N-dealkylation sites (tertiary alicyclic amines) is 2. The Bertz CT molecular complexity index is 601. The molecule has 0 saturated carbocycles. The SMILES string of the molecule is CN=C(NCCC1CCCN(C(=O)OC(C)(C)C)C1)N1CCC(CN2CCOCC2)C1. The van der Waals surface area contributed by atoms with E-state index >= 15 is 0 Å². The number of rotatable bonds is 5. The number of aliphatic imine (C=N–C) groups is 1. The molecule has 2 unspecified atom stereocenters. The van der Waals surface area contributed by atoms with Gasteiger partial charge in [-0.1, -0.05) is 0 Å². The van der Waals surface area contributed by atoms with Crippen LogP contribution in [0.1, 0.15) is 46.5 Å². The van der Waals surface area contributed by atoms with Gasteiger partial charge >= 0.3 is 6.09 Å². The van der Waals surface area contributed by atoms with Gasteiger partial charge in [-0.3, -0.25) is 9.89 Å². The standard InChI is InChI=1S/C23H43N5O3/c1-23(2,3)31-22(29)28-10-5-6-19(17-28)7-9-25-21(24-4)27-11-8-20(18-27)16-26-12-14-30-15-13-26/h19-20H,5-18H2,1-4H3,(H,24,25). The first-order chi connectivity index (χ1) is 14.8. The minimum absolute atomic E-state index is 0.177. The van der Waals surface area contributed by atoms with Crippen molar-refractivity contribution in [1.82, 2.24) is 20.0 Å². The Kier molecular flexibility index (Phi) is 8.84. The highest BCUT2D eigenvalue weighted by Crippen LogP contribution is 2.22. The molecule has 8 nitrogen and oxygen atoms in total. The zero-order valence-corrected chi connectivity index (χ0v) is 20.1. The van der Waals surface area contributed by atoms with Gasteiger partial charge in [0.05, 0.1) is 13.2 Å². The molecule has 1 N–H and O–H groups in total. The summed E-state index contributed by atoms with van der Waals surface area (Å²) in [6.45, 7) is 15.4. The molecule has 0 aliphatic carbocycles. The largest absolute Gasteiger partial charge is 0.444 e. The third kappa shape index (κ3) is 7.83. The van der Waals surface area contributed by atoms with Gasteiger partial charge in [0.2, 0.25) is 0 Å². The number of carbonyl (C=O) groups excluding carboxylic acids is 1. The average Bonchev–Trinajstić information content (AvgIpc) is 3.19. The van der Waals surface area contributed by atoms with Gasteiger partial charge in [-0.15, -0.1) is 0 Å². The van der Waals surface area contributed by atoms with Crippen molar-refractivity contribution in [3.63, 3.8) is 0 Å². The molecule has 3 heterocycles. The fraction of sp³-hybridized carbons (Fsp3) is 0.913. The Balaban J connectivity index is 1.37. The Morgan fingerprint density at radius 2 is 1.81 bits per heavy atom. The van der Waals surface area contributed by atoms with Crippen molar-refractivity contribution in [2.45, 2.75) is 52.1 Å². The topological polar surface area (TPSA) is 69.6 Å². The molecule has 2 atom stereocenters. The van der Waals surface area contributed by atoms with Gasteiger partial charge in [0, 0.05) is 59.4 Å². The first-order valence-electron chi connectivity index (χ1n) is 12.1. The van der Waals surface area contributed by atoms with Crippen LogP contribution < -0.4 is 5.32 Å². The maximum atomic E-state index is 12.4. The van der Waals surface area contributed by atoms with E-state index in [4.69, 9.17) is 9.47 Å². The van der Waals surface area contributed by atoms with Crippen molar-refractivity contribution in [3.8, 4) is 0 Å². The number of ether oxygens (including phenoxy) is 2. The van der Waals surface area contributed by atoms with Crippen LogP contribution in [0.25, 0.3) is 0 Å². The summed E-state index contributed by atoms with van der Waals surface area (Å²) in [5.74, 6) is 2.24. The maximum Gasteiger partial charge on any atom is 0.410 e. The molecule has 0 aromatic heterocycles. The fourth-order valence-corrected chi connectivity index (χ4v) is 4.84. The average molecular weight is 438 g/mol. The van der Waals surface area contributed by atoms with Gasteiger partial charge in [-0.2, -0.15) is 0 Å². The van der Waals surface area contributed by atoms with E-state index in [0.717, 1.165) is 77.8 Å². The number of amides is 1. The minimum Gasteiger partial charge on any atom is -0.444 e. The van der Waals surface area contributed by atoms with Gasteiger partial charge in [0.15, 0.2) is 5.96 Å². The molecule has 178 valence electrons. The molecule has 0 spiro atoms. The second-order valence-electron chi connectivity index (χ2n) is 10.2. The monoisotopic (exact) mass is 437 g/mol. The highest BCUT2D eigenvalue weighted by molar-refractivity contribution is 5.80. The van der Waals surface area contributed by atoms with Crippen molar-refractivity contribution in [2.75, 3.05) is 72.6 Å². The fourth-order valence-electron chi connectivity index (χ4n) is 4.84. The second-order valence-corrected chi connectivity index (χ2v) is 10.2. The van der Waals surface area contributed by atoms with Crippen LogP contribution in [0.2, 0.25) is 0 Å².